The lowest BCUT2D eigenvalue weighted by molar-refractivity contribution is -0.135. The van der Waals surface area contributed by atoms with Crippen LogP contribution >= 0.6 is 11.3 Å². The lowest BCUT2D eigenvalue weighted by Gasteiger charge is -2.34. The average Bonchev–Trinajstić information content (AvgIpc) is 3.50. The summed E-state index contributed by atoms with van der Waals surface area (Å²) in [6.07, 6.45) is 3.57. The van der Waals surface area contributed by atoms with Crippen molar-refractivity contribution in [1.82, 2.24) is 15.3 Å². The largest absolute Gasteiger partial charge is 0.496 e. The van der Waals surface area contributed by atoms with Crippen LogP contribution in [0.5, 0.6) is 11.5 Å². The number of pyridine rings is 1. The summed E-state index contributed by atoms with van der Waals surface area (Å²) in [6, 6.07) is 9.43. The van der Waals surface area contributed by atoms with Crippen molar-refractivity contribution < 1.29 is 14.3 Å². The van der Waals surface area contributed by atoms with Gasteiger partial charge in [-0.05, 0) is 44.4 Å². The fourth-order valence-corrected chi connectivity index (χ4v) is 4.87. The fraction of sp³-hybridized carbons (Fsp3) is 0.308. The first-order valence-electron chi connectivity index (χ1n) is 11.1. The second-order valence-corrected chi connectivity index (χ2v) is 10.2. The van der Waals surface area contributed by atoms with Crippen molar-refractivity contribution in [3.63, 3.8) is 0 Å². The highest BCUT2D eigenvalue weighted by Crippen LogP contribution is 2.46. The van der Waals surface area contributed by atoms with Crippen LogP contribution < -0.4 is 19.9 Å². The molecule has 4 heterocycles. The molecule has 0 bridgehead atoms. The highest BCUT2D eigenvalue weighted by atomic mass is 32.1. The van der Waals surface area contributed by atoms with E-state index in [0.29, 0.717) is 12.4 Å². The van der Waals surface area contributed by atoms with Gasteiger partial charge in [0.2, 0.25) is 5.91 Å². The van der Waals surface area contributed by atoms with Crippen molar-refractivity contribution in [2.75, 3.05) is 25.8 Å². The van der Waals surface area contributed by atoms with Crippen LogP contribution in [0.3, 0.4) is 0 Å². The number of likely N-dealkylation sites (N-methyl/N-ethyl adjacent to an activating group) is 1. The maximum absolute atomic E-state index is 13.6. The Kier molecular flexibility index (Phi) is 5.58. The third-order valence-corrected chi connectivity index (χ3v) is 7.07. The van der Waals surface area contributed by atoms with Crippen molar-refractivity contribution in [1.29, 1.82) is 0 Å². The second-order valence-electron chi connectivity index (χ2n) is 9.40. The van der Waals surface area contributed by atoms with Gasteiger partial charge in [-0.25, -0.2) is 5.43 Å². The summed E-state index contributed by atoms with van der Waals surface area (Å²) in [5, 5.41) is 6.12. The van der Waals surface area contributed by atoms with E-state index in [0.717, 1.165) is 39.4 Å². The van der Waals surface area contributed by atoms with E-state index < -0.39 is 6.04 Å². The molecule has 2 aliphatic heterocycles. The molecule has 1 amide bonds. The molecule has 176 valence electrons. The number of hydrogen-bond acceptors (Lipinski definition) is 7. The zero-order chi connectivity index (χ0) is 24.0. The molecule has 0 saturated carbocycles. The third-order valence-electron chi connectivity index (χ3n) is 6.40. The zero-order valence-corrected chi connectivity index (χ0v) is 20.8. The number of nitrogens with one attached hydrogen (secondary N) is 1. The third kappa shape index (κ3) is 3.73. The molecule has 5 rings (SSSR count). The molecule has 0 saturated heterocycles. The number of carbonyl (C=O) groups excluding carboxylic acids is 1. The Morgan fingerprint density at radius 3 is 2.76 bits per heavy atom. The van der Waals surface area contributed by atoms with Crippen molar-refractivity contribution in [2.24, 2.45) is 0 Å². The number of carbonyl (C=O) groups is 1. The van der Waals surface area contributed by atoms with Gasteiger partial charge in [0.05, 0.1) is 18.5 Å². The SMILES string of the molecule is COc1cc2c(cc1-c1cccnc1)C1=C(CO2)C(C(=O)N(C)C(C)(C)C)NN1c1ccsc1. The molecule has 1 unspecified atom stereocenters. The molecular weight excluding hydrogens is 448 g/mol. The molecule has 3 aromatic rings. The van der Waals surface area contributed by atoms with E-state index in [1.54, 1.807) is 29.5 Å². The summed E-state index contributed by atoms with van der Waals surface area (Å²) < 4.78 is 11.9. The predicted molar refractivity (Wildman–Crippen MR) is 135 cm³/mol. The number of rotatable bonds is 4. The van der Waals surface area contributed by atoms with Crippen LogP contribution in [0.4, 0.5) is 5.69 Å². The summed E-state index contributed by atoms with van der Waals surface area (Å²) in [5.74, 6) is 1.44. The number of amides is 1. The summed E-state index contributed by atoms with van der Waals surface area (Å²) in [7, 11) is 3.50. The number of methoxy groups -OCH3 is 1. The molecule has 2 aromatic heterocycles. The standard InChI is InChI=1S/C26H28N4O3S/c1-26(2,3)29(4)25(31)23-20-14-33-22-12-21(32-5)18(16-7-6-9-27-13-16)11-19(22)24(20)30(28-23)17-8-10-34-15-17/h6-13,15,23,28H,14H2,1-5H3. The minimum atomic E-state index is -0.517. The minimum absolute atomic E-state index is 0.00535. The number of nitrogens with zero attached hydrogens (tertiary/aromatic N) is 3. The van der Waals surface area contributed by atoms with Gasteiger partial charge in [-0.15, -0.1) is 0 Å². The van der Waals surface area contributed by atoms with Crippen molar-refractivity contribution >= 4 is 28.6 Å². The highest BCUT2D eigenvalue weighted by Gasteiger charge is 2.43. The minimum Gasteiger partial charge on any atom is -0.496 e. The van der Waals surface area contributed by atoms with E-state index in [-0.39, 0.29) is 11.4 Å². The summed E-state index contributed by atoms with van der Waals surface area (Å²) in [5.41, 5.74) is 8.79. The Morgan fingerprint density at radius 2 is 2.12 bits per heavy atom. The predicted octanol–water partition coefficient (Wildman–Crippen LogP) is 4.57. The van der Waals surface area contributed by atoms with E-state index in [1.807, 2.05) is 68.7 Å². The normalized spacial score (nSPS) is 17.2. The van der Waals surface area contributed by atoms with Gasteiger partial charge in [-0.3, -0.25) is 14.8 Å². The first kappa shape index (κ1) is 22.4. The molecule has 2 aliphatic rings. The van der Waals surface area contributed by atoms with Crippen LogP contribution in [0.1, 0.15) is 26.3 Å². The van der Waals surface area contributed by atoms with Gasteiger partial charge >= 0.3 is 0 Å². The molecule has 1 N–H and O–H groups in total. The Morgan fingerprint density at radius 1 is 1.29 bits per heavy atom. The number of fused-ring (bicyclic) bond motifs is 2. The summed E-state index contributed by atoms with van der Waals surface area (Å²) >= 11 is 1.61. The second kappa shape index (κ2) is 8.45. The van der Waals surface area contributed by atoms with Crippen LogP contribution in [0, 0.1) is 0 Å². The maximum atomic E-state index is 13.6. The molecule has 8 heteroatoms. The Labute approximate surface area is 203 Å². The molecular formula is C26H28N4O3S. The molecule has 1 aromatic carbocycles. The van der Waals surface area contributed by atoms with E-state index in [1.165, 1.54) is 0 Å². The van der Waals surface area contributed by atoms with E-state index in [9.17, 15) is 4.79 Å². The van der Waals surface area contributed by atoms with Crippen molar-refractivity contribution in [3.8, 4) is 22.6 Å². The van der Waals surface area contributed by atoms with E-state index in [4.69, 9.17) is 9.47 Å². The number of hydrogen-bond donors (Lipinski definition) is 1. The van der Waals surface area contributed by atoms with Crippen molar-refractivity contribution in [2.45, 2.75) is 32.4 Å². The number of thiophene rings is 1. The van der Waals surface area contributed by atoms with Crippen LogP contribution in [-0.4, -0.2) is 48.1 Å². The molecule has 7 nitrogen and oxygen atoms in total. The Bertz CT molecular complexity index is 1250. The van der Waals surface area contributed by atoms with Crippen LogP contribution in [0.25, 0.3) is 16.8 Å². The van der Waals surface area contributed by atoms with Gasteiger partial charge in [-0.1, -0.05) is 6.07 Å². The molecule has 0 radical (unpaired) electrons. The first-order chi connectivity index (χ1) is 16.3. The lowest BCUT2D eigenvalue weighted by Crippen LogP contribution is -2.53. The van der Waals surface area contributed by atoms with Gasteiger partial charge in [0, 0.05) is 58.7 Å². The smallest absolute Gasteiger partial charge is 0.246 e. The number of aromatic nitrogens is 1. The fourth-order valence-electron chi connectivity index (χ4n) is 4.25. The van der Waals surface area contributed by atoms with Crippen LogP contribution in [-0.2, 0) is 4.79 Å². The number of benzene rings is 1. The monoisotopic (exact) mass is 476 g/mol. The van der Waals surface area contributed by atoms with E-state index in [2.05, 4.69) is 21.9 Å². The molecule has 0 spiro atoms. The Balaban J connectivity index is 1.67. The molecule has 34 heavy (non-hydrogen) atoms. The van der Waals surface area contributed by atoms with Gasteiger partial charge < -0.3 is 14.4 Å². The van der Waals surface area contributed by atoms with E-state index >= 15 is 0 Å². The van der Waals surface area contributed by atoms with Gasteiger partial charge in [0.25, 0.3) is 0 Å². The quantitative estimate of drug-likeness (QED) is 0.595. The first-order valence-corrected chi connectivity index (χ1v) is 12.1. The number of ether oxygens (including phenoxy) is 2. The Hall–Kier alpha value is -3.36. The number of anilines is 1. The topological polar surface area (TPSA) is 66.9 Å². The molecule has 0 fully saturated rings. The molecule has 1 atom stereocenters. The van der Waals surface area contributed by atoms with Gasteiger partial charge in [0.15, 0.2) is 0 Å². The summed E-state index contributed by atoms with van der Waals surface area (Å²) in [6.45, 7) is 6.42. The van der Waals surface area contributed by atoms with Crippen molar-refractivity contribution in [3.05, 3.63) is 64.6 Å². The highest BCUT2D eigenvalue weighted by molar-refractivity contribution is 7.08. The van der Waals surface area contributed by atoms with Gasteiger partial charge in [0.1, 0.15) is 24.1 Å². The zero-order valence-electron chi connectivity index (χ0n) is 20.0. The van der Waals surface area contributed by atoms with Crippen LogP contribution in [0.2, 0.25) is 0 Å². The molecule has 0 aliphatic carbocycles. The number of hydrazine groups is 1. The van der Waals surface area contributed by atoms with Gasteiger partial charge in [-0.2, -0.15) is 11.3 Å². The maximum Gasteiger partial charge on any atom is 0.246 e. The lowest BCUT2D eigenvalue weighted by atomic mass is 9.94. The van der Waals surface area contributed by atoms with Crippen LogP contribution in [0.15, 0.2) is 59.1 Å². The summed E-state index contributed by atoms with van der Waals surface area (Å²) in [4.78, 5) is 19.7. The average molecular weight is 477 g/mol.